The second-order valence-corrected chi connectivity index (χ2v) is 11.0. The fourth-order valence-corrected chi connectivity index (χ4v) is 6.16. The lowest BCUT2D eigenvalue weighted by Gasteiger charge is -2.70. The predicted octanol–water partition coefficient (Wildman–Crippen LogP) is 3.18. The summed E-state index contributed by atoms with van der Waals surface area (Å²) in [6.45, 7) is 0. The van der Waals surface area contributed by atoms with Crippen LogP contribution in [-0.4, -0.2) is 56.3 Å². The van der Waals surface area contributed by atoms with Crippen LogP contribution in [0.15, 0.2) is 30.6 Å². The monoisotopic (exact) mass is 540 g/mol. The number of ether oxygens (including phenoxy) is 2. The van der Waals surface area contributed by atoms with Crippen LogP contribution in [0.25, 0.3) is 0 Å². The molecule has 198 valence electrons. The molecular weight excluding hydrogens is 517 g/mol. The molecule has 2 heterocycles. The van der Waals surface area contributed by atoms with Crippen LogP contribution in [-0.2, 0) is 9.53 Å². The van der Waals surface area contributed by atoms with Crippen LogP contribution < -0.4 is 15.4 Å². The van der Waals surface area contributed by atoms with Crippen molar-refractivity contribution in [3.8, 4) is 5.75 Å². The molecule has 9 nitrogen and oxygen atoms in total. The number of carbonyl (C=O) groups excluding carboxylic acids is 2. The minimum absolute atomic E-state index is 0.116. The van der Waals surface area contributed by atoms with Gasteiger partial charge in [-0.3, -0.25) is 19.0 Å². The molecule has 0 unspecified atom stereocenters. The van der Waals surface area contributed by atoms with Crippen molar-refractivity contribution in [3.05, 3.63) is 46.7 Å². The Bertz CT molecular complexity index is 1240. The van der Waals surface area contributed by atoms with E-state index < -0.39 is 35.8 Å². The van der Waals surface area contributed by atoms with Crippen LogP contribution in [0.1, 0.15) is 66.6 Å². The van der Waals surface area contributed by atoms with Gasteiger partial charge in [-0.05, 0) is 50.3 Å². The number of rotatable bonds is 6. The quantitative estimate of drug-likeness (QED) is 0.518. The third-order valence-electron chi connectivity index (χ3n) is 7.74. The third kappa shape index (κ3) is 4.55. The normalized spacial score (nSPS) is 33.6. The van der Waals surface area contributed by atoms with E-state index in [9.17, 15) is 27.9 Å². The van der Waals surface area contributed by atoms with Crippen molar-refractivity contribution in [1.82, 2.24) is 20.4 Å². The highest BCUT2D eigenvalue weighted by Gasteiger charge is 2.69. The topological polar surface area (TPSA) is 115 Å². The van der Waals surface area contributed by atoms with Gasteiger partial charge >= 0.3 is 6.36 Å². The smallest absolute Gasteiger partial charge is 0.480 e. The summed E-state index contributed by atoms with van der Waals surface area (Å²) in [6, 6.07) is 4.65. The number of hydrogen-bond acceptors (Lipinski definition) is 6. The number of amides is 2. The molecule has 1 aliphatic heterocycles. The molecule has 5 aliphatic rings. The van der Waals surface area contributed by atoms with Crippen LogP contribution in [0.2, 0.25) is 5.02 Å². The first kappa shape index (κ1) is 24.5. The van der Waals surface area contributed by atoms with Gasteiger partial charge in [0.2, 0.25) is 0 Å². The number of fused-ring (bicyclic) bond motifs is 1. The lowest BCUT2D eigenvalue weighted by Crippen LogP contribution is -2.84. The molecule has 3 N–H and O–H groups in total. The lowest BCUT2D eigenvalue weighted by molar-refractivity contribution is -0.353. The molecule has 4 saturated carbocycles. The summed E-state index contributed by atoms with van der Waals surface area (Å²) < 4.78 is 48.2. The number of hydrogen-bond donors (Lipinski definition) is 3. The average molecular weight is 541 g/mol. The Balaban J connectivity index is 0.983. The first-order valence-corrected chi connectivity index (χ1v) is 12.4. The average Bonchev–Trinajstić information content (AvgIpc) is 3.23. The Morgan fingerprint density at radius 1 is 1.16 bits per heavy atom. The number of carbonyl (C=O) groups is 2. The molecule has 2 aromatic rings. The van der Waals surface area contributed by atoms with Crippen molar-refractivity contribution >= 4 is 23.4 Å². The minimum Gasteiger partial charge on any atom is -0.480 e. The highest BCUT2D eigenvalue weighted by molar-refractivity contribution is 6.30. The second kappa shape index (κ2) is 8.34. The molecule has 13 heteroatoms. The summed E-state index contributed by atoms with van der Waals surface area (Å²) in [5.74, 6) is -0.202. The Kier molecular flexibility index (Phi) is 5.52. The molecule has 1 aromatic heterocycles. The first-order chi connectivity index (χ1) is 17.4. The van der Waals surface area contributed by atoms with Gasteiger partial charge in [-0.15, -0.1) is 13.2 Å². The van der Waals surface area contributed by atoms with Crippen molar-refractivity contribution in [3.63, 3.8) is 0 Å². The molecule has 2 amide bonds. The zero-order valence-electron chi connectivity index (χ0n) is 19.4. The molecule has 0 radical (unpaired) electrons. The van der Waals surface area contributed by atoms with Crippen LogP contribution in [0.3, 0.4) is 0 Å². The maximum Gasteiger partial charge on any atom is 0.522 e. The molecule has 7 rings (SSSR count). The van der Waals surface area contributed by atoms with Gasteiger partial charge in [0.25, 0.3) is 11.8 Å². The van der Waals surface area contributed by atoms with Crippen LogP contribution in [0, 0.1) is 0 Å². The molecule has 37 heavy (non-hydrogen) atoms. The minimum atomic E-state index is -4.66. The van der Waals surface area contributed by atoms with Gasteiger partial charge in [0.15, 0.2) is 6.10 Å². The number of aliphatic hydroxyl groups is 1. The van der Waals surface area contributed by atoms with Crippen molar-refractivity contribution in [2.45, 2.75) is 80.3 Å². The van der Waals surface area contributed by atoms with E-state index in [0.717, 1.165) is 0 Å². The third-order valence-corrected chi connectivity index (χ3v) is 7.97. The fourth-order valence-electron chi connectivity index (χ4n) is 5.98. The highest BCUT2D eigenvalue weighted by atomic mass is 35.5. The van der Waals surface area contributed by atoms with Gasteiger partial charge in [-0.25, -0.2) is 0 Å². The molecule has 1 aromatic carbocycles. The van der Waals surface area contributed by atoms with Gasteiger partial charge in [0.1, 0.15) is 5.75 Å². The van der Waals surface area contributed by atoms with Gasteiger partial charge in [0, 0.05) is 34.3 Å². The fraction of sp³-hybridized carbons (Fsp3) is 0.542. The maximum absolute atomic E-state index is 12.9. The summed E-state index contributed by atoms with van der Waals surface area (Å²) in [5.41, 5.74) is 0.0538. The van der Waals surface area contributed by atoms with Crippen molar-refractivity contribution in [2.75, 3.05) is 0 Å². The predicted molar refractivity (Wildman–Crippen MR) is 122 cm³/mol. The summed E-state index contributed by atoms with van der Waals surface area (Å²) >= 11 is 5.98. The zero-order valence-corrected chi connectivity index (χ0v) is 20.2. The van der Waals surface area contributed by atoms with Crippen LogP contribution in [0.5, 0.6) is 5.75 Å². The second-order valence-electron chi connectivity index (χ2n) is 10.6. The molecular formula is C24H24ClF3N4O5. The first-order valence-electron chi connectivity index (χ1n) is 12.0. The zero-order chi connectivity index (χ0) is 26.2. The van der Waals surface area contributed by atoms with Gasteiger partial charge in [-0.1, -0.05) is 11.6 Å². The van der Waals surface area contributed by atoms with Gasteiger partial charge in [0.05, 0.1) is 30.0 Å². The molecule has 4 aliphatic carbocycles. The van der Waals surface area contributed by atoms with E-state index in [2.05, 4.69) is 20.5 Å². The van der Waals surface area contributed by atoms with E-state index in [-0.39, 0.29) is 37.1 Å². The number of benzene rings is 1. The molecule has 2 bridgehead atoms. The summed E-state index contributed by atoms with van der Waals surface area (Å²) in [4.78, 5) is 25.6. The number of alkyl halides is 3. The van der Waals surface area contributed by atoms with E-state index in [1.807, 2.05) is 0 Å². The van der Waals surface area contributed by atoms with Crippen molar-refractivity contribution in [2.24, 2.45) is 0 Å². The maximum atomic E-state index is 12.9. The molecule has 2 atom stereocenters. The van der Waals surface area contributed by atoms with E-state index in [4.69, 9.17) is 16.3 Å². The van der Waals surface area contributed by atoms with Gasteiger partial charge in [-0.2, -0.15) is 5.10 Å². The SMILES string of the molecule is O=C(NC12CC(NC(=O)[C@H]3C[C@@H](O)c4cc(Cl)ccc4O3)(C1)C2)c1cnn(C2CC(OC(F)(F)F)C2)c1. The van der Waals surface area contributed by atoms with Crippen LogP contribution in [0.4, 0.5) is 13.2 Å². The number of nitrogens with zero attached hydrogens (tertiary/aromatic N) is 2. The number of aliphatic hydroxyl groups excluding tert-OH is 1. The van der Waals surface area contributed by atoms with E-state index in [1.165, 1.54) is 17.1 Å². The lowest BCUT2D eigenvalue weighted by atomic mass is 9.44. The Labute approximate surface area is 214 Å². The largest absolute Gasteiger partial charge is 0.522 e. The Morgan fingerprint density at radius 3 is 2.57 bits per heavy atom. The standard InChI is InChI=1S/C24H24ClF3N4O5/c25-13-1-2-18-16(3-13)17(33)6-19(36-18)21(35)31-23-9-22(10-23,11-23)30-20(34)12-7-29-32(8-12)14-4-15(5-14)37-24(26,27)28/h1-3,7-8,14-15,17,19,33H,4-6,9-11H2,(H,30,34)(H,31,35)/t14?,15?,17-,19-,22?,23?/m1/s1. The highest BCUT2D eigenvalue weighted by Crippen LogP contribution is 2.60. The van der Waals surface area contributed by atoms with Gasteiger partial charge < -0.3 is 20.5 Å². The molecule has 4 fully saturated rings. The molecule has 0 spiro atoms. The Morgan fingerprint density at radius 2 is 1.86 bits per heavy atom. The van der Waals surface area contributed by atoms with Crippen LogP contribution >= 0.6 is 11.6 Å². The van der Waals surface area contributed by atoms with E-state index in [1.54, 1.807) is 18.2 Å². The van der Waals surface area contributed by atoms with Crippen molar-refractivity contribution in [1.29, 1.82) is 0 Å². The van der Waals surface area contributed by atoms with E-state index in [0.29, 0.717) is 41.2 Å². The summed E-state index contributed by atoms with van der Waals surface area (Å²) in [5, 5.41) is 21.1. The van der Waals surface area contributed by atoms with E-state index >= 15 is 0 Å². The number of nitrogens with one attached hydrogen (secondary N) is 2. The Hall–Kier alpha value is -2.83. The number of halogens is 4. The van der Waals surface area contributed by atoms with Crippen molar-refractivity contribution < 1.29 is 37.3 Å². The summed E-state index contributed by atoms with van der Waals surface area (Å²) in [6.07, 6.45) is -2.12. The number of aromatic nitrogens is 2. The molecule has 0 saturated heterocycles. The summed E-state index contributed by atoms with van der Waals surface area (Å²) in [7, 11) is 0.